The molecule has 7 N–H and O–H groups in total. The number of allylic oxidation sites excluding steroid dienone is 4. The van der Waals surface area contributed by atoms with Crippen LogP contribution in [0.5, 0.6) is 0 Å². The van der Waals surface area contributed by atoms with Crippen LogP contribution in [-0.2, 0) is 33.2 Å². The Morgan fingerprint density at radius 3 is 1.28 bits per heavy atom. The lowest BCUT2D eigenvalue weighted by Crippen LogP contribution is -2.61. The van der Waals surface area contributed by atoms with Crippen molar-refractivity contribution < 1.29 is 69.0 Å². The quantitative estimate of drug-likeness (QED) is 0.0172. The maximum atomic E-state index is 13.1. The van der Waals surface area contributed by atoms with Crippen LogP contribution in [-0.4, -0.2) is 142 Å². The Bertz CT molecular complexity index is 1330. The van der Waals surface area contributed by atoms with Crippen molar-refractivity contribution in [1.29, 1.82) is 0 Å². The van der Waals surface area contributed by atoms with Gasteiger partial charge < -0.3 is 64.2 Å². The fourth-order valence-electron chi connectivity index (χ4n) is 9.97. The van der Waals surface area contributed by atoms with Crippen molar-refractivity contribution in [2.75, 3.05) is 33.0 Å². The van der Waals surface area contributed by atoms with Crippen LogP contribution in [0.25, 0.3) is 0 Å². The fourth-order valence-corrected chi connectivity index (χ4v) is 9.97. The van der Waals surface area contributed by atoms with E-state index in [4.69, 9.17) is 28.4 Å². The van der Waals surface area contributed by atoms with Crippen LogP contribution in [0.4, 0.5) is 0 Å². The molecule has 2 aliphatic rings. The zero-order chi connectivity index (χ0) is 54.4. The van der Waals surface area contributed by atoms with E-state index in [2.05, 4.69) is 38.2 Å². The lowest BCUT2D eigenvalue weighted by Gasteiger charge is -2.42. The first-order valence-electron chi connectivity index (χ1n) is 30.9. The minimum atomic E-state index is -1.70. The van der Waals surface area contributed by atoms with E-state index in [1.54, 1.807) is 0 Å². The second kappa shape index (κ2) is 48.4. The number of unbranched alkanes of at least 4 members (excludes halogenated alkanes) is 33. The molecule has 14 heteroatoms. The van der Waals surface area contributed by atoms with E-state index in [0.29, 0.717) is 13.0 Å². The van der Waals surface area contributed by atoms with Gasteiger partial charge in [0.05, 0.1) is 26.4 Å². The monoisotopic (exact) mass is 1070 g/mol. The van der Waals surface area contributed by atoms with Crippen LogP contribution in [0, 0.1) is 0 Å². The number of carbonyl (C=O) groups excluding carboxylic acids is 1. The summed E-state index contributed by atoms with van der Waals surface area (Å²) >= 11 is 0. The molecule has 0 amide bonds. The molecule has 11 atom stereocenters. The lowest BCUT2D eigenvalue weighted by molar-refractivity contribution is -0.332. The average Bonchev–Trinajstić information content (AvgIpc) is 3.41. The Kier molecular flexibility index (Phi) is 44.9. The molecular weight excluding hydrogens is 957 g/mol. The first-order chi connectivity index (χ1) is 36.6. The summed E-state index contributed by atoms with van der Waals surface area (Å²) in [5.74, 6) is -0.371. The molecular formula is C61H114O14. The highest BCUT2D eigenvalue weighted by Gasteiger charge is 2.47. The third kappa shape index (κ3) is 35.0. The van der Waals surface area contributed by atoms with E-state index in [-0.39, 0.29) is 25.6 Å². The minimum absolute atomic E-state index is 0.0665. The standard InChI is InChI=1S/C61H114O14/c1-3-5-7-9-11-13-15-17-19-20-21-22-23-24-25-26-27-28-29-31-33-35-37-39-41-43-45-70-47-50(73-53(63)44-42-40-38-36-34-32-30-18-16-14-12-10-8-6-4-2)48-71-60-59(69)57(67)55(65)52(75-60)49-72-61-58(68)56(66)54(64)51(46-62)74-61/h15,17,20-21,50-52,54-62,64-69H,3-14,16,18-19,22-49H2,1-2H3/b17-15-,21-20-. The fraction of sp³-hybridized carbons (Fsp3) is 0.918. The smallest absolute Gasteiger partial charge is 0.306 e. The molecule has 442 valence electrons. The molecule has 0 bridgehead atoms. The molecule has 2 aliphatic heterocycles. The number of carbonyl (C=O) groups is 1. The van der Waals surface area contributed by atoms with Crippen molar-refractivity contribution in [2.24, 2.45) is 0 Å². The van der Waals surface area contributed by atoms with Crippen molar-refractivity contribution in [3.05, 3.63) is 24.3 Å². The highest BCUT2D eigenvalue weighted by atomic mass is 16.7. The Morgan fingerprint density at radius 1 is 0.440 bits per heavy atom. The van der Waals surface area contributed by atoms with Crippen LogP contribution < -0.4 is 0 Å². The third-order valence-corrected chi connectivity index (χ3v) is 15.0. The number of rotatable bonds is 51. The van der Waals surface area contributed by atoms with Gasteiger partial charge in [0, 0.05) is 13.0 Å². The Labute approximate surface area is 456 Å². The number of esters is 1. The Hall–Kier alpha value is -1.53. The van der Waals surface area contributed by atoms with Gasteiger partial charge in [0.2, 0.25) is 0 Å². The maximum absolute atomic E-state index is 13.1. The van der Waals surface area contributed by atoms with Crippen LogP contribution in [0.2, 0.25) is 0 Å². The second-order valence-corrected chi connectivity index (χ2v) is 21.9. The molecule has 0 saturated carbocycles. The van der Waals surface area contributed by atoms with Gasteiger partial charge in [0.25, 0.3) is 0 Å². The minimum Gasteiger partial charge on any atom is -0.457 e. The summed E-state index contributed by atoms with van der Waals surface area (Å²) < 4.78 is 34.4. The van der Waals surface area contributed by atoms with Crippen molar-refractivity contribution in [1.82, 2.24) is 0 Å². The number of ether oxygens (including phenoxy) is 6. The molecule has 11 unspecified atom stereocenters. The summed E-state index contributed by atoms with van der Waals surface area (Å²) in [5, 5.41) is 72.4. The number of aliphatic hydroxyl groups excluding tert-OH is 7. The average molecular weight is 1070 g/mol. The molecule has 2 heterocycles. The Morgan fingerprint density at radius 2 is 0.827 bits per heavy atom. The molecule has 0 spiro atoms. The summed E-state index contributed by atoms with van der Waals surface area (Å²) in [6.07, 6.45) is 39.6. The van der Waals surface area contributed by atoms with Crippen LogP contribution in [0.15, 0.2) is 24.3 Å². The molecule has 0 aromatic heterocycles. The predicted octanol–water partition coefficient (Wildman–Crippen LogP) is 11.5. The molecule has 75 heavy (non-hydrogen) atoms. The third-order valence-electron chi connectivity index (χ3n) is 15.0. The second-order valence-electron chi connectivity index (χ2n) is 21.9. The molecule has 0 radical (unpaired) electrons. The predicted molar refractivity (Wildman–Crippen MR) is 298 cm³/mol. The van der Waals surface area contributed by atoms with Gasteiger partial charge in [-0.2, -0.15) is 0 Å². The molecule has 0 aliphatic carbocycles. The summed E-state index contributed by atoms with van der Waals surface area (Å²) in [5.41, 5.74) is 0. The zero-order valence-electron chi connectivity index (χ0n) is 47.6. The van der Waals surface area contributed by atoms with Gasteiger partial charge >= 0.3 is 5.97 Å². The summed E-state index contributed by atoms with van der Waals surface area (Å²) in [6.45, 7) is 3.73. The lowest BCUT2D eigenvalue weighted by atomic mass is 9.98. The molecule has 2 saturated heterocycles. The van der Waals surface area contributed by atoms with Crippen molar-refractivity contribution in [2.45, 2.75) is 325 Å². The van der Waals surface area contributed by atoms with Gasteiger partial charge in [-0.15, -0.1) is 0 Å². The van der Waals surface area contributed by atoms with Crippen molar-refractivity contribution >= 4 is 5.97 Å². The van der Waals surface area contributed by atoms with Crippen LogP contribution in [0.1, 0.15) is 258 Å². The van der Waals surface area contributed by atoms with Crippen molar-refractivity contribution in [3.8, 4) is 0 Å². The van der Waals surface area contributed by atoms with E-state index in [1.165, 1.54) is 186 Å². The van der Waals surface area contributed by atoms with Gasteiger partial charge in [-0.3, -0.25) is 4.79 Å². The van der Waals surface area contributed by atoms with E-state index in [0.717, 1.165) is 44.9 Å². The van der Waals surface area contributed by atoms with Crippen LogP contribution >= 0.6 is 0 Å². The molecule has 14 nitrogen and oxygen atoms in total. The maximum Gasteiger partial charge on any atom is 0.306 e. The highest BCUT2D eigenvalue weighted by molar-refractivity contribution is 5.69. The van der Waals surface area contributed by atoms with E-state index in [1.807, 2.05) is 0 Å². The first-order valence-corrected chi connectivity index (χ1v) is 30.9. The number of hydrogen-bond acceptors (Lipinski definition) is 14. The van der Waals surface area contributed by atoms with Gasteiger partial charge in [-0.25, -0.2) is 0 Å². The molecule has 2 fully saturated rings. The summed E-state index contributed by atoms with van der Waals surface area (Å²) in [6, 6.07) is 0. The van der Waals surface area contributed by atoms with E-state index in [9.17, 15) is 40.5 Å². The van der Waals surface area contributed by atoms with Crippen LogP contribution in [0.3, 0.4) is 0 Å². The van der Waals surface area contributed by atoms with Gasteiger partial charge in [0.15, 0.2) is 12.6 Å². The number of hydrogen-bond donors (Lipinski definition) is 7. The molecule has 2 rings (SSSR count). The normalized spacial score (nSPS) is 24.7. The van der Waals surface area contributed by atoms with Gasteiger partial charge in [-0.05, 0) is 44.9 Å². The molecule has 0 aromatic carbocycles. The molecule has 0 aromatic rings. The summed E-state index contributed by atoms with van der Waals surface area (Å²) in [4.78, 5) is 13.1. The number of aliphatic hydroxyl groups is 7. The van der Waals surface area contributed by atoms with E-state index >= 15 is 0 Å². The highest BCUT2D eigenvalue weighted by Crippen LogP contribution is 2.27. The Balaban J connectivity index is 1.66. The zero-order valence-corrected chi connectivity index (χ0v) is 47.6. The SMILES string of the molecule is CCCCCCC/C=C\C/C=C\CCCCCCCCCCCCCCCCOCC(COC1OC(COC2OC(CO)C(O)C(O)C2O)C(O)C(O)C1O)OC(=O)CCCCCCCCCCCCCCCCC. The van der Waals surface area contributed by atoms with Gasteiger partial charge in [0.1, 0.15) is 54.9 Å². The topological polar surface area (TPSA) is 214 Å². The summed E-state index contributed by atoms with van der Waals surface area (Å²) in [7, 11) is 0. The van der Waals surface area contributed by atoms with E-state index < -0.39 is 80.7 Å². The van der Waals surface area contributed by atoms with Crippen molar-refractivity contribution in [3.63, 3.8) is 0 Å². The first kappa shape index (κ1) is 69.6. The largest absolute Gasteiger partial charge is 0.457 e. The van der Waals surface area contributed by atoms with Gasteiger partial charge in [-0.1, -0.05) is 231 Å².